The Bertz CT molecular complexity index is 485. The molecule has 0 aliphatic carbocycles. The zero-order valence-corrected chi connectivity index (χ0v) is 10.9. The fraction of sp³-hybridized carbons (Fsp3) is 0.385. The van der Waals surface area contributed by atoms with Crippen molar-refractivity contribution >= 4 is 11.6 Å². The van der Waals surface area contributed by atoms with Gasteiger partial charge in [-0.3, -0.25) is 4.79 Å². The Morgan fingerprint density at radius 3 is 2.95 bits per heavy atom. The molecular weight excluding hydrogens is 249 g/mol. The van der Waals surface area contributed by atoms with Crippen molar-refractivity contribution in [2.45, 2.75) is 13.0 Å². The summed E-state index contributed by atoms with van der Waals surface area (Å²) in [6.45, 7) is 2.25. The van der Waals surface area contributed by atoms with Gasteiger partial charge in [0, 0.05) is 13.2 Å². The van der Waals surface area contributed by atoms with Gasteiger partial charge in [0.15, 0.2) is 0 Å². The van der Waals surface area contributed by atoms with Gasteiger partial charge in [-0.2, -0.15) is 5.26 Å². The van der Waals surface area contributed by atoms with Crippen LogP contribution in [0.4, 0.5) is 10.1 Å². The van der Waals surface area contributed by atoms with E-state index in [1.807, 2.05) is 13.0 Å². The first-order valence-corrected chi connectivity index (χ1v) is 5.78. The molecule has 1 amide bonds. The first kappa shape index (κ1) is 14.9. The first-order chi connectivity index (χ1) is 9.06. The van der Waals surface area contributed by atoms with E-state index in [1.54, 1.807) is 7.11 Å². The number of nitrogens with one attached hydrogen (secondary N) is 2. The van der Waals surface area contributed by atoms with Crippen LogP contribution in [0, 0.1) is 17.1 Å². The Labute approximate surface area is 111 Å². The van der Waals surface area contributed by atoms with E-state index < -0.39 is 5.82 Å². The molecular formula is C13H16FN3O2. The molecule has 6 heteroatoms. The highest BCUT2D eigenvalue weighted by Gasteiger charge is 2.08. The Balaban J connectivity index is 2.53. The van der Waals surface area contributed by atoms with Crippen molar-refractivity contribution in [1.29, 1.82) is 5.26 Å². The molecule has 0 aromatic heterocycles. The molecule has 1 unspecified atom stereocenters. The molecule has 1 rings (SSSR count). The molecule has 0 aliphatic rings. The standard InChI is InChI=1S/C13H16FN3O2/c1-9(8-19-2)17-13(18)7-16-12-4-3-11(14)5-10(12)6-15/h3-5,9,16H,7-8H2,1-2H3,(H,17,18). The summed E-state index contributed by atoms with van der Waals surface area (Å²) < 4.78 is 17.8. The van der Waals surface area contributed by atoms with E-state index in [9.17, 15) is 9.18 Å². The lowest BCUT2D eigenvalue weighted by atomic mass is 10.2. The molecule has 19 heavy (non-hydrogen) atoms. The maximum absolute atomic E-state index is 12.9. The number of nitriles is 1. The van der Waals surface area contributed by atoms with Gasteiger partial charge >= 0.3 is 0 Å². The molecule has 0 saturated carbocycles. The van der Waals surface area contributed by atoms with Gasteiger partial charge in [0.05, 0.1) is 24.4 Å². The maximum Gasteiger partial charge on any atom is 0.239 e. The van der Waals surface area contributed by atoms with Crippen molar-refractivity contribution in [1.82, 2.24) is 5.32 Å². The molecule has 5 nitrogen and oxygen atoms in total. The number of hydrogen-bond donors (Lipinski definition) is 2. The molecule has 0 radical (unpaired) electrons. The summed E-state index contributed by atoms with van der Waals surface area (Å²) in [6.07, 6.45) is 0. The van der Waals surface area contributed by atoms with E-state index in [1.165, 1.54) is 12.1 Å². The molecule has 1 aromatic carbocycles. The summed E-state index contributed by atoms with van der Waals surface area (Å²) in [5.41, 5.74) is 0.594. The number of amides is 1. The summed E-state index contributed by atoms with van der Waals surface area (Å²) in [5.74, 6) is -0.710. The number of carbonyl (C=O) groups is 1. The van der Waals surface area contributed by atoms with Crippen LogP contribution in [0.3, 0.4) is 0 Å². The van der Waals surface area contributed by atoms with E-state index >= 15 is 0 Å². The lowest BCUT2D eigenvalue weighted by Crippen LogP contribution is -2.39. The highest BCUT2D eigenvalue weighted by Crippen LogP contribution is 2.15. The van der Waals surface area contributed by atoms with Crippen LogP contribution in [-0.2, 0) is 9.53 Å². The van der Waals surface area contributed by atoms with Crippen molar-refractivity contribution in [3.8, 4) is 6.07 Å². The number of anilines is 1. The fourth-order valence-corrected chi connectivity index (χ4v) is 1.56. The SMILES string of the molecule is COCC(C)NC(=O)CNc1ccc(F)cc1C#N. The van der Waals surface area contributed by atoms with Crippen LogP contribution in [0.15, 0.2) is 18.2 Å². The van der Waals surface area contributed by atoms with Crippen molar-refractivity contribution in [2.24, 2.45) is 0 Å². The number of nitrogens with zero attached hydrogens (tertiary/aromatic N) is 1. The Morgan fingerprint density at radius 2 is 2.32 bits per heavy atom. The lowest BCUT2D eigenvalue weighted by molar-refractivity contribution is -0.120. The molecule has 0 bridgehead atoms. The van der Waals surface area contributed by atoms with Gasteiger partial charge in [-0.1, -0.05) is 0 Å². The van der Waals surface area contributed by atoms with Gasteiger partial charge in [-0.25, -0.2) is 4.39 Å². The quantitative estimate of drug-likeness (QED) is 0.812. The molecule has 1 atom stereocenters. The van der Waals surface area contributed by atoms with Crippen LogP contribution in [0.5, 0.6) is 0 Å². The first-order valence-electron chi connectivity index (χ1n) is 5.78. The van der Waals surface area contributed by atoms with Gasteiger partial charge in [-0.15, -0.1) is 0 Å². The Hall–Kier alpha value is -2.13. The molecule has 0 heterocycles. The van der Waals surface area contributed by atoms with Crippen LogP contribution < -0.4 is 10.6 Å². The summed E-state index contributed by atoms with van der Waals surface area (Å²) in [7, 11) is 1.55. The van der Waals surface area contributed by atoms with Crippen molar-refractivity contribution < 1.29 is 13.9 Å². The van der Waals surface area contributed by atoms with Gasteiger partial charge in [-0.05, 0) is 25.1 Å². The number of ether oxygens (including phenoxy) is 1. The molecule has 0 aliphatic heterocycles. The van der Waals surface area contributed by atoms with Crippen LogP contribution in [-0.4, -0.2) is 32.2 Å². The molecule has 2 N–H and O–H groups in total. The predicted octanol–water partition coefficient (Wildman–Crippen LogP) is 1.26. The summed E-state index contributed by atoms with van der Waals surface area (Å²) in [5, 5.41) is 14.4. The van der Waals surface area contributed by atoms with E-state index in [-0.39, 0.29) is 24.1 Å². The van der Waals surface area contributed by atoms with Gasteiger partial charge < -0.3 is 15.4 Å². The Morgan fingerprint density at radius 1 is 1.58 bits per heavy atom. The lowest BCUT2D eigenvalue weighted by Gasteiger charge is -2.13. The molecule has 102 valence electrons. The average Bonchev–Trinajstić information content (AvgIpc) is 2.37. The maximum atomic E-state index is 12.9. The number of methoxy groups -OCH3 is 1. The second-order valence-electron chi connectivity index (χ2n) is 4.08. The van der Waals surface area contributed by atoms with Gasteiger partial charge in [0.25, 0.3) is 0 Å². The molecule has 0 saturated heterocycles. The van der Waals surface area contributed by atoms with E-state index in [4.69, 9.17) is 10.00 Å². The Kier molecular flexibility index (Phi) is 5.76. The highest BCUT2D eigenvalue weighted by molar-refractivity contribution is 5.81. The molecule has 0 fully saturated rings. The van der Waals surface area contributed by atoms with Crippen molar-refractivity contribution in [2.75, 3.05) is 25.6 Å². The second kappa shape index (κ2) is 7.34. The van der Waals surface area contributed by atoms with Crippen LogP contribution in [0.1, 0.15) is 12.5 Å². The predicted molar refractivity (Wildman–Crippen MR) is 69.1 cm³/mol. The zero-order chi connectivity index (χ0) is 14.3. The van der Waals surface area contributed by atoms with Crippen molar-refractivity contribution in [3.63, 3.8) is 0 Å². The smallest absolute Gasteiger partial charge is 0.239 e. The average molecular weight is 265 g/mol. The number of halogens is 1. The topological polar surface area (TPSA) is 74.2 Å². The van der Waals surface area contributed by atoms with Gasteiger partial charge in [0.2, 0.25) is 5.91 Å². The summed E-state index contributed by atoms with van der Waals surface area (Å²) >= 11 is 0. The number of rotatable bonds is 6. The molecule has 1 aromatic rings. The fourth-order valence-electron chi connectivity index (χ4n) is 1.56. The van der Waals surface area contributed by atoms with Crippen LogP contribution >= 0.6 is 0 Å². The van der Waals surface area contributed by atoms with Crippen LogP contribution in [0.2, 0.25) is 0 Å². The minimum atomic E-state index is -0.486. The molecule has 0 spiro atoms. The monoisotopic (exact) mass is 265 g/mol. The van der Waals surface area contributed by atoms with E-state index in [0.717, 1.165) is 6.07 Å². The summed E-state index contributed by atoms with van der Waals surface area (Å²) in [4.78, 5) is 11.6. The third kappa shape index (κ3) is 4.94. The highest BCUT2D eigenvalue weighted by atomic mass is 19.1. The number of hydrogen-bond acceptors (Lipinski definition) is 4. The van der Waals surface area contributed by atoms with E-state index in [2.05, 4.69) is 10.6 Å². The van der Waals surface area contributed by atoms with Crippen LogP contribution in [0.25, 0.3) is 0 Å². The largest absolute Gasteiger partial charge is 0.383 e. The minimum Gasteiger partial charge on any atom is -0.383 e. The van der Waals surface area contributed by atoms with Gasteiger partial charge in [0.1, 0.15) is 11.9 Å². The zero-order valence-electron chi connectivity index (χ0n) is 10.9. The third-order valence-corrected chi connectivity index (χ3v) is 2.37. The number of benzene rings is 1. The van der Waals surface area contributed by atoms with E-state index in [0.29, 0.717) is 12.3 Å². The normalized spacial score (nSPS) is 11.5. The minimum absolute atomic E-state index is 0.00830. The van der Waals surface area contributed by atoms with Crippen molar-refractivity contribution in [3.05, 3.63) is 29.6 Å². The number of carbonyl (C=O) groups excluding carboxylic acids is 1. The summed E-state index contributed by atoms with van der Waals surface area (Å²) in [6, 6.07) is 5.55. The second-order valence-corrected chi connectivity index (χ2v) is 4.08. The third-order valence-electron chi connectivity index (χ3n) is 2.37.